The highest BCUT2D eigenvalue weighted by molar-refractivity contribution is 5.90. The van der Waals surface area contributed by atoms with Crippen molar-refractivity contribution in [1.82, 2.24) is 9.97 Å². The third-order valence-corrected chi connectivity index (χ3v) is 4.81. The minimum absolute atomic E-state index is 0.224. The Morgan fingerprint density at radius 1 is 1.32 bits per heavy atom. The van der Waals surface area contributed by atoms with Crippen LogP contribution in [0.3, 0.4) is 0 Å². The number of ether oxygens (including phenoxy) is 2. The number of anilines is 1. The molecule has 2 aromatic rings. The molecule has 2 aliphatic rings. The van der Waals surface area contributed by atoms with Crippen LogP contribution in [0.2, 0.25) is 0 Å². The van der Waals surface area contributed by atoms with E-state index in [-0.39, 0.29) is 11.2 Å². The van der Waals surface area contributed by atoms with Gasteiger partial charge < -0.3 is 14.4 Å². The van der Waals surface area contributed by atoms with Crippen molar-refractivity contribution >= 4 is 16.7 Å². The van der Waals surface area contributed by atoms with Gasteiger partial charge in [0, 0.05) is 36.6 Å². The number of methoxy groups -OCH3 is 1. The Balaban J connectivity index is 1.75. The summed E-state index contributed by atoms with van der Waals surface area (Å²) in [6, 6.07) is 3.10. The van der Waals surface area contributed by atoms with Crippen LogP contribution in [0.1, 0.15) is 12.8 Å². The molecule has 1 unspecified atom stereocenters. The standard InChI is InChI=1S/C16H18FN3O2/c1-21-14-6-11-13(7-12(14)17)18-10-19-15(11)20-4-2-16(8-20)3-5-22-9-16/h6-7,10H,2-5,8-9H2,1H3. The lowest BCUT2D eigenvalue weighted by Crippen LogP contribution is -2.28. The van der Waals surface area contributed by atoms with E-state index in [1.807, 2.05) is 0 Å². The highest BCUT2D eigenvalue weighted by Gasteiger charge is 2.42. The summed E-state index contributed by atoms with van der Waals surface area (Å²) >= 11 is 0. The first-order valence-corrected chi connectivity index (χ1v) is 7.52. The van der Waals surface area contributed by atoms with Gasteiger partial charge in [0.15, 0.2) is 11.6 Å². The molecule has 2 fully saturated rings. The maximum Gasteiger partial charge on any atom is 0.167 e. The maximum atomic E-state index is 13.9. The van der Waals surface area contributed by atoms with Crippen LogP contribution in [-0.2, 0) is 4.74 Å². The minimum Gasteiger partial charge on any atom is -0.494 e. The summed E-state index contributed by atoms with van der Waals surface area (Å²) < 4.78 is 24.5. The van der Waals surface area contributed by atoms with Gasteiger partial charge in [0.25, 0.3) is 0 Å². The van der Waals surface area contributed by atoms with Crippen molar-refractivity contribution in [2.24, 2.45) is 5.41 Å². The zero-order valence-corrected chi connectivity index (χ0v) is 12.5. The molecule has 3 heterocycles. The quantitative estimate of drug-likeness (QED) is 0.852. The summed E-state index contributed by atoms with van der Waals surface area (Å²) in [5.41, 5.74) is 0.855. The monoisotopic (exact) mass is 303 g/mol. The fraction of sp³-hybridized carbons (Fsp3) is 0.500. The number of hydrogen-bond donors (Lipinski definition) is 0. The molecule has 22 heavy (non-hydrogen) atoms. The van der Waals surface area contributed by atoms with Crippen LogP contribution in [-0.4, -0.2) is 43.4 Å². The van der Waals surface area contributed by atoms with Crippen LogP contribution in [0.5, 0.6) is 5.75 Å². The molecule has 0 saturated carbocycles. The van der Waals surface area contributed by atoms with Crippen LogP contribution in [0.15, 0.2) is 18.5 Å². The van der Waals surface area contributed by atoms with Gasteiger partial charge in [0.1, 0.15) is 12.1 Å². The van der Waals surface area contributed by atoms with E-state index in [4.69, 9.17) is 9.47 Å². The third-order valence-electron chi connectivity index (χ3n) is 4.81. The number of benzene rings is 1. The van der Waals surface area contributed by atoms with Crippen molar-refractivity contribution in [2.75, 3.05) is 38.3 Å². The van der Waals surface area contributed by atoms with E-state index in [9.17, 15) is 4.39 Å². The summed E-state index contributed by atoms with van der Waals surface area (Å²) in [6.07, 6.45) is 3.71. The Morgan fingerprint density at radius 3 is 3.00 bits per heavy atom. The smallest absolute Gasteiger partial charge is 0.167 e. The van der Waals surface area contributed by atoms with Crippen molar-refractivity contribution in [3.05, 3.63) is 24.3 Å². The van der Waals surface area contributed by atoms with Gasteiger partial charge in [-0.2, -0.15) is 0 Å². The Kier molecular flexibility index (Phi) is 3.14. The van der Waals surface area contributed by atoms with Crippen LogP contribution in [0.25, 0.3) is 10.9 Å². The van der Waals surface area contributed by atoms with E-state index in [0.29, 0.717) is 5.52 Å². The lowest BCUT2D eigenvalue weighted by molar-refractivity contribution is 0.160. The fourth-order valence-corrected chi connectivity index (χ4v) is 3.54. The zero-order chi connectivity index (χ0) is 15.2. The highest BCUT2D eigenvalue weighted by Crippen LogP contribution is 2.41. The first kappa shape index (κ1) is 13.7. The molecule has 1 aromatic heterocycles. The van der Waals surface area contributed by atoms with Gasteiger partial charge in [-0.15, -0.1) is 0 Å². The molecular weight excluding hydrogens is 285 g/mol. The van der Waals surface area contributed by atoms with Crippen molar-refractivity contribution in [3.63, 3.8) is 0 Å². The van der Waals surface area contributed by atoms with E-state index in [1.54, 1.807) is 6.07 Å². The molecule has 0 amide bonds. The predicted octanol–water partition coefficient (Wildman–Crippen LogP) is 2.39. The fourth-order valence-electron chi connectivity index (χ4n) is 3.54. The zero-order valence-electron chi connectivity index (χ0n) is 12.5. The van der Waals surface area contributed by atoms with Gasteiger partial charge in [-0.1, -0.05) is 0 Å². The molecule has 0 radical (unpaired) electrons. The first-order valence-electron chi connectivity index (χ1n) is 7.52. The summed E-state index contributed by atoms with van der Waals surface area (Å²) in [5, 5.41) is 0.830. The molecule has 0 bridgehead atoms. The first-order chi connectivity index (χ1) is 10.7. The number of nitrogens with zero attached hydrogens (tertiary/aromatic N) is 3. The molecule has 1 atom stereocenters. The average Bonchev–Trinajstić information content (AvgIpc) is 3.16. The molecule has 4 rings (SSSR count). The normalized spacial score (nSPS) is 24.5. The summed E-state index contributed by atoms with van der Waals surface area (Å²) in [4.78, 5) is 10.9. The number of rotatable bonds is 2. The van der Waals surface area contributed by atoms with Gasteiger partial charge in [0.2, 0.25) is 0 Å². The third kappa shape index (κ3) is 2.09. The van der Waals surface area contributed by atoms with E-state index in [2.05, 4.69) is 14.9 Å². The average molecular weight is 303 g/mol. The van der Waals surface area contributed by atoms with Crippen LogP contribution >= 0.6 is 0 Å². The number of halogens is 1. The summed E-state index contributed by atoms with van der Waals surface area (Å²) in [5.74, 6) is 0.676. The minimum atomic E-state index is -0.401. The van der Waals surface area contributed by atoms with Crippen molar-refractivity contribution in [3.8, 4) is 5.75 Å². The second-order valence-electron chi connectivity index (χ2n) is 6.18. The van der Waals surface area contributed by atoms with Crippen LogP contribution in [0, 0.1) is 11.2 Å². The molecule has 116 valence electrons. The molecular formula is C16H18FN3O2. The molecule has 1 spiro atoms. The Hall–Kier alpha value is -1.95. The van der Waals surface area contributed by atoms with E-state index < -0.39 is 5.82 Å². The van der Waals surface area contributed by atoms with E-state index in [1.165, 1.54) is 19.5 Å². The molecule has 2 saturated heterocycles. The molecule has 1 aromatic carbocycles. The lowest BCUT2D eigenvalue weighted by Gasteiger charge is -2.23. The Bertz CT molecular complexity index is 716. The van der Waals surface area contributed by atoms with Gasteiger partial charge in [-0.3, -0.25) is 0 Å². The Labute approximate surface area is 128 Å². The summed E-state index contributed by atoms with van der Waals surface area (Å²) in [6.45, 7) is 3.54. The van der Waals surface area contributed by atoms with Crippen molar-refractivity contribution in [2.45, 2.75) is 12.8 Å². The summed E-state index contributed by atoms with van der Waals surface area (Å²) in [7, 11) is 1.47. The van der Waals surface area contributed by atoms with Crippen LogP contribution < -0.4 is 9.64 Å². The molecule has 0 N–H and O–H groups in total. The van der Waals surface area contributed by atoms with E-state index >= 15 is 0 Å². The SMILES string of the molecule is COc1cc2c(N3CCC4(CCOC4)C3)ncnc2cc1F. The topological polar surface area (TPSA) is 47.5 Å². The number of hydrogen-bond acceptors (Lipinski definition) is 5. The number of aromatic nitrogens is 2. The predicted molar refractivity (Wildman–Crippen MR) is 80.7 cm³/mol. The van der Waals surface area contributed by atoms with Gasteiger partial charge >= 0.3 is 0 Å². The molecule has 5 nitrogen and oxygen atoms in total. The van der Waals surface area contributed by atoms with Crippen molar-refractivity contribution < 1.29 is 13.9 Å². The van der Waals surface area contributed by atoms with Gasteiger partial charge in [0.05, 0.1) is 19.2 Å². The second kappa shape index (κ2) is 5.05. The van der Waals surface area contributed by atoms with Crippen LogP contribution in [0.4, 0.5) is 10.2 Å². The molecule has 6 heteroatoms. The molecule has 2 aliphatic heterocycles. The van der Waals surface area contributed by atoms with Gasteiger partial charge in [-0.05, 0) is 18.9 Å². The molecule has 0 aliphatic carbocycles. The Morgan fingerprint density at radius 2 is 2.23 bits per heavy atom. The number of fused-ring (bicyclic) bond motifs is 1. The maximum absolute atomic E-state index is 13.9. The highest BCUT2D eigenvalue weighted by atomic mass is 19.1. The van der Waals surface area contributed by atoms with E-state index in [0.717, 1.165) is 50.3 Å². The largest absolute Gasteiger partial charge is 0.494 e. The second-order valence-corrected chi connectivity index (χ2v) is 6.18. The lowest BCUT2D eigenvalue weighted by atomic mass is 9.87. The van der Waals surface area contributed by atoms with Crippen molar-refractivity contribution in [1.29, 1.82) is 0 Å². The van der Waals surface area contributed by atoms with Gasteiger partial charge in [-0.25, -0.2) is 14.4 Å².